The third kappa shape index (κ3) is 2.20. The Morgan fingerprint density at radius 2 is 2.15 bits per heavy atom. The lowest BCUT2D eigenvalue weighted by Crippen LogP contribution is -2.32. The fourth-order valence-electron chi connectivity index (χ4n) is 2.16. The second-order valence-electron chi connectivity index (χ2n) is 4.83. The first-order chi connectivity index (χ1) is 9.61. The molecule has 8 heteroatoms. The number of rotatable bonds is 4. The summed E-state index contributed by atoms with van der Waals surface area (Å²) < 4.78 is 6.66. The van der Waals surface area contributed by atoms with Crippen LogP contribution in [0.5, 0.6) is 0 Å². The minimum Gasteiger partial charge on any atom is -0.383 e. The zero-order valence-electron chi connectivity index (χ0n) is 10.9. The van der Waals surface area contributed by atoms with E-state index in [0.717, 1.165) is 18.7 Å². The number of aromatic nitrogens is 4. The molecule has 0 atom stereocenters. The van der Waals surface area contributed by atoms with Crippen LogP contribution in [0.1, 0.15) is 24.6 Å². The fraction of sp³-hybridized carbons (Fsp3) is 0.500. The normalized spacial score (nSPS) is 14.8. The van der Waals surface area contributed by atoms with Crippen molar-refractivity contribution in [3.8, 4) is 0 Å². The Labute approximate surface area is 118 Å². The molecular formula is C12H14N4O3S. The van der Waals surface area contributed by atoms with E-state index in [-0.39, 0.29) is 10.0 Å². The maximum absolute atomic E-state index is 11.9. The van der Waals surface area contributed by atoms with Gasteiger partial charge >= 0.3 is 5.69 Å². The number of nitrogens with one attached hydrogen (secondary N) is 2. The first-order valence-corrected chi connectivity index (χ1v) is 6.78. The molecule has 1 fully saturated rings. The molecule has 0 saturated heterocycles. The van der Waals surface area contributed by atoms with E-state index >= 15 is 0 Å². The van der Waals surface area contributed by atoms with Crippen LogP contribution in [0.3, 0.4) is 0 Å². The molecule has 2 aromatic rings. The van der Waals surface area contributed by atoms with Crippen molar-refractivity contribution in [1.29, 1.82) is 0 Å². The van der Waals surface area contributed by atoms with Gasteiger partial charge in [-0.05, 0) is 12.8 Å². The summed E-state index contributed by atoms with van der Waals surface area (Å²) >= 11 is 5.19. The summed E-state index contributed by atoms with van der Waals surface area (Å²) in [5, 5.41) is 0.250. The third-order valence-corrected chi connectivity index (χ3v) is 3.66. The highest BCUT2D eigenvalue weighted by atomic mass is 32.1. The van der Waals surface area contributed by atoms with Gasteiger partial charge < -0.3 is 9.72 Å². The summed E-state index contributed by atoms with van der Waals surface area (Å²) in [6.07, 6.45) is 2.10. The van der Waals surface area contributed by atoms with Crippen molar-refractivity contribution in [3.63, 3.8) is 0 Å². The molecule has 1 aliphatic carbocycles. The van der Waals surface area contributed by atoms with E-state index in [1.165, 1.54) is 4.57 Å². The van der Waals surface area contributed by atoms with Crippen LogP contribution in [-0.4, -0.2) is 33.2 Å². The monoisotopic (exact) mass is 294 g/mol. The minimum absolute atomic E-state index is 0.230. The molecule has 1 saturated carbocycles. The number of hydrogen-bond donors (Lipinski definition) is 2. The molecule has 0 aromatic carbocycles. The number of H-pyrrole nitrogens is 2. The van der Waals surface area contributed by atoms with Gasteiger partial charge in [-0.1, -0.05) is 12.2 Å². The molecule has 1 aliphatic rings. The van der Waals surface area contributed by atoms with Gasteiger partial charge in [0.2, 0.25) is 0 Å². The Hall–Kier alpha value is -1.80. The Morgan fingerprint density at radius 3 is 2.80 bits per heavy atom. The molecule has 2 N–H and O–H groups in total. The molecule has 106 valence electrons. The first kappa shape index (κ1) is 13.2. The molecule has 0 spiro atoms. The molecular weight excluding hydrogens is 280 g/mol. The van der Waals surface area contributed by atoms with Gasteiger partial charge in [0, 0.05) is 13.0 Å². The second kappa shape index (κ2) is 4.95. The number of fused-ring (bicyclic) bond motifs is 1. The van der Waals surface area contributed by atoms with E-state index in [1.54, 1.807) is 7.11 Å². The van der Waals surface area contributed by atoms with E-state index in [4.69, 9.17) is 17.0 Å². The van der Waals surface area contributed by atoms with Crippen molar-refractivity contribution in [2.75, 3.05) is 13.7 Å². The van der Waals surface area contributed by atoms with Gasteiger partial charge in [0.15, 0.2) is 0 Å². The van der Waals surface area contributed by atoms with E-state index in [2.05, 4.69) is 15.0 Å². The zero-order valence-corrected chi connectivity index (χ0v) is 11.7. The number of nitrogens with zero attached hydrogens (tertiary/aromatic N) is 2. The highest BCUT2D eigenvalue weighted by Crippen LogP contribution is 2.38. The van der Waals surface area contributed by atoms with Crippen molar-refractivity contribution in [2.45, 2.75) is 25.3 Å². The predicted molar refractivity (Wildman–Crippen MR) is 75.7 cm³/mol. The van der Waals surface area contributed by atoms with Crippen LogP contribution in [0.15, 0.2) is 9.59 Å². The summed E-state index contributed by atoms with van der Waals surface area (Å²) in [5.41, 5.74) is -0.550. The molecule has 0 bridgehead atoms. The summed E-state index contributed by atoms with van der Waals surface area (Å²) in [6, 6.07) is 0. The van der Waals surface area contributed by atoms with Gasteiger partial charge in [-0.2, -0.15) is 0 Å². The van der Waals surface area contributed by atoms with Crippen LogP contribution < -0.4 is 11.2 Å². The lowest BCUT2D eigenvalue weighted by atomic mass is 10.3. The molecule has 0 unspecified atom stereocenters. The van der Waals surface area contributed by atoms with E-state index < -0.39 is 11.2 Å². The van der Waals surface area contributed by atoms with Crippen molar-refractivity contribution in [3.05, 3.63) is 31.3 Å². The smallest absolute Gasteiger partial charge is 0.330 e. The molecule has 3 rings (SSSR count). The second-order valence-corrected chi connectivity index (χ2v) is 5.22. The number of aromatic amines is 2. The summed E-state index contributed by atoms with van der Waals surface area (Å²) in [4.78, 5) is 33.5. The van der Waals surface area contributed by atoms with Crippen molar-refractivity contribution >= 4 is 23.3 Å². The van der Waals surface area contributed by atoms with Gasteiger partial charge in [-0.25, -0.2) is 9.78 Å². The van der Waals surface area contributed by atoms with Gasteiger partial charge in [0.1, 0.15) is 21.5 Å². The minimum atomic E-state index is -0.505. The average molecular weight is 294 g/mol. The van der Waals surface area contributed by atoms with Crippen molar-refractivity contribution < 1.29 is 4.74 Å². The fourth-order valence-corrected chi connectivity index (χ4v) is 2.45. The summed E-state index contributed by atoms with van der Waals surface area (Å²) in [7, 11) is 1.55. The maximum atomic E-state index is 11.9. The average Bonchev–Trinajstić information content (AvgIpc) is 3.21. The van der Waals surface area contributed by atoms with Crippen LogP contribution in [0, 0.1) is 4.64 Å². The summed E-state index contributed by atoms with van der Waals surface area (Å²) in [6.45, 7) is 0.699. The molecule has 0 amide bonds. The topological polar surface area (TPSA) is 92.8 Å². The van der Waals surface area contributed by atoms with Gasteiger partial charge in [0.25, 0.3) is 5.56 Å². The number of hydrogen-bond acceptors (Lipinski definition) is 5. The van der Waals surface area contributed by atoms with E-state index in [0.29, 0.717) is 24.7 Å². The number of ether oxygens (including phenoxy) is 1. The Morgan fingerprint density at radius 1 is 1.40 bits per heavy atom. The zero-order chi connectivity index (χ0) is 14.3. The van der Waals surface area contributed by atoms with Gasteiger partial charge in [0.05, 0.1) is 13.2 Å². The molecule has 0 radical (unpaired) electrons. The molecule has 0 aliphatic heterocycles. The lowest BCUT2D eigenvalue weighted by molar-refractivity contribution is 0.187. The first-order valence-electron chi connectivity index (χ1n) is 6.38. The third-order valence-electron chi connectivity index (χ3n) is 3.36. The van der Waals surface area contributed by atoms with Crippen LogP contribution >= 0.6 is 12.2 Å². The molecule has 20 heavy (non-hydrogen) atoms. The van der Waals surface area contributed by atoms with Crippen molar-refractivity contribution in [2.24, 2.45) is 0 Å². The van der Waals surface area contributed by atoms with Gasteiger partial charge in [-0.15, -0.1) is 0 Å². The van der Waals surface area contributed by atoms with Crippen LogP contribution in [0.25, 0.3) is 11.0 Å². The lowest BCUT2D eigenvalue weighted by Gasteiger charge is -2.10. The molecule has 2 aromatic heterocycles. The summed E-state index contributed by atoms with van der Waals surface area (Å²) in [5.74, 6) is 1.10. The van der Waals surface area contributed by atoms with E-state index in [9.17, 15) is 9.59 Å². The largest absolute Gasteiger partial charge is 0.383 e. The van der Waals surface area contributed by atoms with E-state index in [1.807, 2.05) is 0 Å². The number of methoxy groups -OCH3 is 1. The van der Waals surface area contributed by atoms with Crippen LogP contribution in [-0.2, 0) is 11.3 Å². The standard InChI is InChI=1S/C12H14N4O3S/c1-19-5-4-16-9-7(10(17)15-12(16)18)11(20)14-8(13-9)6-2-3-6/h6H,2-5H2,1H3,(H,13,14,20)(H,15,17,18). The highest BCUT2D eigenvalue weighted by Gasteiger charge is 2.27. The van der Waals surface area contributed by atoms with Crippen LogP contribution in [0.4, 0.5) is 0 Å². The quantitative estimate of drug-likeness (QED) is 0.808. The maximum Gasteiger partial charge on any atom is 0.330 e. The Kier molecular flexibility index (Phi) is 3.27. The SMILES string of the molecule is COCCn1c(=O)[nH]c(=O)c2c(=S)nc(C3CC3)[nH]c21. The van der Waals surface area contributed by atoms with Crippen LogP contribution in [0.2, 0.25) is 0 Å². The Balaban J connectivity index is 2.33. The molecule has 7 nitrogen and oxygen atoms in total. The van der Waals surface area contributed by atoms with Gasteiger partial charge in [-0.3, -0.25) is 14.3 Å². The predicted octanol–water partition coefficient (Wildman–Crippen LogP) is 0.666. The Bertz CT molecular complexity index is 831. The van der Waals surface area contributed by atoms with Crippen molar-refractivity contribution in [1.82, 2.24) is 19.5 Å². The highest BCUT2D eigenvalue weighted by molar-refractivity contribution is 7.71. The molecule has 2 heterocycles.